The number of carbonyl (C=O) groups is 2. The third-order valence-electron chi connectivity index (χ3n) is 4.40. The number of hydrogen-bond acceptors (Lipinski definition) is 5. The summed E-state index contributed by atoms with van der Waals surface area (Å²) in [5.41, 5.74) is 12.8. The normalized spacial score (nSPS) is 18.1. The van der Waals surface area contributed by atoms with E-state index in [2.05, 4.69) is 4.98 Å². The van der Waals surface area contributed by atoms with Gasteiger partial charge in [-0.25, -0.2) is 4.98 Å². The molecule has 7 nitrogen and oxygen atoms in total. The fraction of sp³-hybridized carbons (Fsp3) is 0.278. The molecule has 4 N–H and O–H groups in total. The van der Waals surface area contributed by atoms with Crippen molar-refractivity contribution in [2.45, 2.75) is 12.6 Å². The number of anilines is 1. The molecule has 1 unspecified atom stereocenters. The molecule has 0 aliphatic carbocycles. The van der Waals surface area contributed by atoms with E-state index in [4.69, 9.17) is 11.5 Å². The van der Waals surface area contributed by atoms with Gasteiger partial charge in [-0.3, -0.25) is 14.5 Å². The zero-order valence-corrected chi connectivity index (χ0v) is 13.8. The molecule has 130 valence electrons. The highest BCUT2D eigenvalue weighted by Gasteiger charge is 2.33. The number of nitrogens with two attached hydrogens (primary N) is 2. The largest absolute Gasteiger partial charge is 0.383 e. The van der Waals surface area contributed by atoms with E-state index in [0.717, 1.165) is 5.56 Å². The van der Waals surface area contributed by atoms with E-state index >= 15 is 0 Å². The molecule has 0 saturated carbocycles. The second kappa shape index (κ2) is 7.31. The number of amides is 2. The number of piperazine rings is 1. The molecule has 7 heteroatoms. The molecule has 0 spiro atoms. The Morgan fingerprint density at radius 3 is 2.56 bits per heavy atom. The lowest BCUT2D eigenvalue weighted by atomic mass is 10.1. The van der Waals surface area contributed by atoms with Crippen LogP contribution in [0.2, 0.25) is 0 Å². The van der Waals surface area contributed by atoms with Crippen LogP contribution in [0.4, 0.5) is 5.82 Å². The monoisotopic (exact) mass is 339 g/mol. The Morgan fingerprint density at radius 2 is 1.88 bits per heavy atom. The van der Waals surface area contributed by atoms with Crippen LogP contribution in [0.3, 0.4) is 0 Å². The summed E-state index contributed by atoms with van der Waals surface area (Å²) in [6.07, 6.45) is 1.54. The van der Waals surface area contributed by atoms with Crippen LogP contribution < -0.4 is 11.5 Å². The molecule has 2 aromatic rings. The molecule has 25 heavy (non-hydrogen) atoms. The first-order chi connectivity index (χ1) is 12.1. The first kappa shape index (κ1) is 16.9. The van der Waals surface area contributed by atoms with Crippen LogP contribution >= 0.6 is 0 Å². The average molecular weight is 339 g/mol. The van der Waals surface area contributed by atoms with E-state index in [-0.39, 0.29) is 18.3 Å². The summed E-state index contributed by atoms with van der Waals surface area (Å²) in [6.45, 7) is 1.93. The van der Waals surface area contributed by atoms with Crippen molar-refractivity contribution in [2.24, 2.45) is 5.73 Å². The minimum Gasteiger partial charge on any atom is -0.383 e. The highest BCUT2D eigenvalue weighted by molar-refractivity contribution is 5.98. The summed E-state index contributed by atoms with van der Waals surface area (Å²) in [5.74, 6) is -0.473. The Bertz CT molecular complexity index is 765. The quantitative estimate of drug-likeness (QED) is 0.843. The summed E-state index contributed by atoms with van der Waals surface area (Å²) >= 11 is 0. The first-order valence-corrected chi connectivity index (χ1v) is 8.13. The van der Waals surface area contributed by atoms with Crippen LogP contribution in [0.25, 0.3) is 0 Å². The maximum Gasteiger partial charge on any atom is 0.257 e. The summed E-state index contributed by atoms with van der Waals surface area (Å²) in [5, 5.41) is 0. The summed E-state index contributed by atoms with van der Waals surface area (Å²) < 4.78 is 0. The minimum absolute atomic E-state index is 0.190. The topological polar surface area (TPSA) is 106 Å². The number of nitrogens with zero attached hydrogens (tertiary/aromatic N) is 3. The van der Waals surface area contributed by atoms with Crippen LogP contribution in [0.15, 0.2) is 48.7 Å². The molecule has 3 rings (SSSR count). The second-order valence-corrected chi connectivity index (χ2v) is 6.06. The third kappa shape index (κ3) is 3.77. The van der Waals surface area contributed by atoms with Gasteiger partial charge < -0.3 is 16.4 Å². The average Bonchev–Trinajstić information content (AvgIpc) is 2.62. The van der Waals surface area contributed by atoms with Crippen molar-refractivity contribution in [2.75, 3.05) is 25.4 Å². The molecule has 0 bridgehead atoms. The van der Waals surface area contributed by atoms with Crippen LogP contribution in [-0.2, 0) is 11.3 Å². The molecule has 1 aromatic heterocycles. The minimum atomic E-state index is -0.532. The molecule has 2 amide bonds. The van der Waals surface area contributed by atoms with Crippen molar-refractivity contribution in [3.05, 3.63) is 59.8 Å². The van der Waals surface area contributed by atoms with Crippen LogP contribution in [0.5, 0.6) is 0 Å². The van der Waals surface area contributed by atoms with Crippen molar-refractivity contribution >= 4 is 17.6 Å². The van der Waals surface area contributed by atoms with Gasteiger partial charge in [-0.05, 0) is 17.7 Å². The molecule has 1 aliphatic rings. The van der Waals surface area contributed by atoms with Crippen molar-refractivity contribution in [3.63, 3.8) is 0 Å². The van der Waals surface area contributed by atoms with Gasteiger partial charge in [0.15, 0.2) is 0 Å². The van der Waals surface area contributed by atoms with Crippen molar-refractivity contribution in [3.8, 4) is 0 Å². The number of primary amides is 1. The standard InChI is InChI=1S/C18H21N5O2/c19-16-14(7-4-8-21-16)18(25)23-10-9-22(15(12-23)17(20)24)11-13-5-2-1-3-6-13/h1-8,15H,9-12H2,(H2,19,21)(H2,20,24). The Labute approximate surface area is 146 Å². The Hall–Kier alpha value is -2.93. The first-order valence-electron chi connectivity index (χ1n) is 8.13. The van der Waals surface area contributed by atoms with Gasteiger partial charge in [-0.1, -0.05) is 30.3 Å². The van der Waals surface area contributed by atoms with Gasteiger partial charge in [0.05, 0.1) is 5.56 Å². The Kier molecular flexibility index (Phi) is 4.95. The van der Waals surface area contributed by atoms with Crippen LogP contribution in [0, 0.1) is 0 Å². The van der Waals surface area contributed by atoms with Gasteiger partial charge >= 0.3 is 0 Å². The molecule has 1 fully saturated rings. The van der Waals surface area contributed by atoms with Crippen molar-refractivity contribution in [1.29, 1.82) is 0 Å². The van der Waals surface area contributed by atoms with E-state index in [1.807, 2.05) is 35.2 Å². The third-order valence-corrected chi connectivity index (χ3v) is 4.40. The molecular weight excluding hydrogens is 318 g/mol. The number of aromatic nitrogens is 1. The van der Waals surface area contributed by atoms with Gasteiger partial charge in [0.25, 0.3) is 5.91 Å². The fourth-order valence-electron chi connectivity index (χ4n) is 3.05. The zero-order valence-electron chi connectivity index (χ0n) is 13.8. The van der Waals surface area contributed by atoms with Gasteiger partial charge in [-0.2, -0.15) is 0 Å². The van der Waals surface area contributed by atoms with Crippen LogP contribution in [0.1, 0.15) is 15.9 Å². The van der Waals surface area contributed by atoms with E-state index in [1.54, 1.807) is 17.0 Å². The predicted octanol–water partition coefficient (Wildman–Crippen LogP) is 0.476. The number of hydrogen-bond donors (Lipinski definition) is 2. The molecule has 1 saturated heterocycles. The van der Waals surface area contributed by atoms with Crippen molar-refractivity contribution < 1.29 is 9.59 Å². The van der Waals surface area contributed by atoms with Gasteiger partial charge in [0.1, 0.15) is 11.9 Å². The van der Waals surface area contributed by atoms with Crippen molar-refractivity contribution in [1.82, 2.24) is 14.8 Å². The SMILES string of the molecule is NC(=O)C1CN(C(=O)c2cccnc2N)CCN1Cc1ccccc1. The number of nitrogen functional groups attached to an aromatic ring is 1. The lowest BCUT2D eigenvalue weighted by molar-refractivity contribution is -0.125. The lowest BCUT2D eigenvalue weighted by Gasteiger charge is -2.40. The number of pyridine rings is 1. The van der Waals surface area contributed by atoms with Gasteiger partial charge in [0.2, 0.25) is 5.91 Å². The molecule has 2 heterocycles. The Morgan fingerprint density at radius 1 is 1.12 bits per heavy atom. The molecule has 1 atom stereocenters. The molecule has 0 radical (unpaired) electrons. The van der Waals surface area contributed by atoms with E-state index < -0.39 is 11.9 Å². The fourth-order valence-corrected chi connectivity index (χ4v) is 3.05. The summed E-state index contributed by atoms with van der Waals surface area (Å²) in [6, 6.07) is 12.7. The summed E-state index contributed by atoms with van der Waals surface area (Å²) in [4.78, 5) is 32.2. The number of benzene rings is 1. The highest BCUT2D eigenvalue weighted by Crippen LogP contribution is 2.18. The zero-order chi connectivity index (χ0) is 17.8. The maximum atomic E-state index is 12.7. The maximum absolute atomic E-state index is 12.7. The van der Waals surface area contributed by atoms with E-state index in [9.17, 15) is 9.59 Å². The summed E-state index contributed by atoms with van der Waals surface area (Å²) in [7, 11) is 0. The van der Waals surface area contributed by atoms with E-state index in [1.165, 1.54) is 6.20 Å². The molecule has 1 aromatic carbocycles. The predicted molar refractivity (Wildman–Crippen MR) is 94.4 cm³/mol. The molecule has 1 aliphatic heterocycles. The van der Waals surface area contributed by atoms with Crippen LogP contribution in [-0.4, -0.2) is 52.3 Å². The second-order valence-electron chi connectivity index (χ2n) is 6.06. The lowest BCUT2D eigenvalue weighted by Crippen LogP contribution is -2.58. The number of carbonyl (C=O) groups excluding carboxylic acids is 2. The Balaban J connectivity index is 1.74. The number of rotatable bonds is 4. The van der Waals surface area contributed by atoms with Gasteiger partial charge in [0, 0.05) is 32.4 Å². The smallest absolute Gasteiger partial charge is 0.257 e. The van der Waals surface area contributed by atoms with E-state index in [0.29, 0.717) is 25.2 Å². The van der Waals surface area contributed by atoms with Gasteiger partial charge in [-0.15, -0.1) is 0 Å². The molecular formula is C18H21N5O2. The highest BCUT2D eigenvalue weighted by atomic mass is 16.2.